The summed E-state index contributed by atoms with van der Waals surface area (Å²) in [5, 5.41) is 2.31. The van der Waals surface area contributed by atoms with Crippen LogP contribution in [0.1, 0.15) is 6.92 Å². The Bertz CT molecular complexity index is 337. The van der Waals surface area contributed by atoms with Crippen molar-refractivity contribution in [3.8, 4) is 0 Å². The second kappa shape index (κ2) is 3.01. The highest BCUT2D eigenvalue weighted by Gasteiger charge is 2.31. The van der Waals surface area contributed by atoms with Gasteiger partial charge in [0.15, 0.2) is 0 Å². The number of nitrogens with zero attached hydrogens (tertiary/aromatic N) is 1. The highest BCUT2D eigenvalue weighted by atomic mass is 32.1. The van der Waals surface area contributed by atoms with Crippen molar-refractivity contribution in [2.75, 3.05) is 7.05 Å². The minimum atomic E-state index is -0.310. The SMILES string of the molecule is CC1=C(C=C=S)C(=O)N(C)C1=O. The van der Waals surface area contributed by atoms with E-state index in [0.29, 0.717) is 11.1 Å². The lowest BCUT2D eigenvalue weighted by Gasteiger charge is -2.04. The van der Waals surface area contributed by atoms with Gasteiger partial charge in [0, 0.05) is 18.7 Å². The van der Waals surface area contributed by atoms with Crippen LogP contribution in [0.4, 0.5) is 0 Å². The fraction of sp³-hybridized carbons (Fsp3) is 0.250. The fourth-order valence-electron chi connectivity index (χ4n) is 1.03. The molecule has 2 amide bonds. The standard InChI is InChI=1S/C8H7NO2S/c1-5-6(3-4-12)8(11)9(2)7(5)10/h3H,1-2H3. The number of hydrogen-bond acceptors (Lipinski definition) is 3. The fourth-order valence-corrected chi connectivity index (χ4v) is 1.15. The molecule has 12 heavy (non-hydrogen) atoms. The number of likely N-dealkylation sites (N-methyl/N-ethyl adjacent to an activating group) is 1. The van der Waals surface area contributed by atoms with Crippen molar-refractivity contribution < 1.29 is 9.59 Å². The predicted octanol–water partition coefficient (Wildman–Crippen LogP) is 0.456. The Kier molecular flexibility index (Phi) is 2.22. The van der Waals surface area contributed by atoms with Gasteiger partial charge in [-0.25, -0.2) is 0 Å². The number of carbonyl (C=O) groups excluding carboxylic acids is 2. The molecule has 0 atom stereocenters. The molecule has 0 saturated heterocycles. The van der Waals surface area contributed by atoms with Crippen LogP contribution < -0.4 is 0 Å². The van der Waals surface area contributed by atoms with Gasteiger partial charge in [-0.05, 0) is 24.2 Å². The van der Waals surface area contributed by atoms with Gasteiger partial charge >= 0.3 is 0 Å². The highest BCUT2D eigenvalue weighted by Crippen LogP contribution is 2.18. The monoisotopic (exact) mass is 181 g/mol. The molecule has 0 aliphatic carbocycles. The first-order valence-electron chi connectivity index (χ1n) is 3.33. The highest BCUT2D eigenvalue weighted by molar-refractivity contribution is 7.78. The number of rotatable bonds is 1. The number of imide groups is 1. The maximum Gasteiger partial charge on any atom is 0.261 e. The Morgan fingerprint density at radius 1 is 1.42 bits per heavy atom. The second-order valence-corrected chi connectivity index (χ2v) is 2.71. The van der Waals surface area contributed by atoms with Gasteiger partial charge in [-0.3, -0.25) is 14.5 Å². The van der Waals surface area contributed by atoms with Crippen molar-refractivity contribution >= 4 is 29.1 Å². The van der Waals surface area contributed by atoms with Crippen LogP contribution in [-0.4, -0.2) is 28.8 Å². The van der Waals surface area contributed by atoms with Crippen molar-refractivity contribution in [3.05, 3.63) is 17.2 Å². The summed E-state index contributed by atoms with van der Waals surface area (Å²) >= 11 is 4.45. The lowest BCUT2D eigenvalue weighted by molar-refractivity contribution is -0.135. The lowest BCUT2D eigenvalue weighted by atomic mass is 10.2. The molecule has 0 saturated carbocycles. The van der Waals surface area contributed by atoms with Crippen molar-refractivity contribution in [2.45, 2.75) is 6.92 Å². The Morgan fingerprint density at radius 3 is 2.33 bits per heavy atom. The molecular formula is C8H7NO2S. The maximum absolute atomic E-state index is 11.2. The van der Waals surface area contributed by atoms with E-state index in [1.54, 1.807) is 6.92 Å². The number of thiocarbonyl (C=S) groups is 1. The van der Waals surface area contributed by atoms with Gasteiger partial charge < -0.3 is 0 Å². The first-order valence-corrected chi connectivity index (χ1v) is 3.74. The quantitative estimate of drug-likeness (QED) is 0.435. The number of carbonyl (C=O) groups is 2. The van der Waals surface area contributed by atoms with E-state index in [2.05, 4.69) is 17.2 Å². The van der Waals surface area contributed by atoms with E-state index in [1.165, 1.54) is 13.1 Å². The Hall–Kier alpha value is -1.25. The van der Waals surface area contributed by atoms with Crippen LogP contribution in [0.25, 0.3) is 0 Å². The summed E-state index contributed by atoms with van der Waals surface area (Å²) < 4.78 is 0. The summed E-state index contributed by atoms with van der Waals surface area (Å²) in [6.07, 6.45) is 1.36. The molecule has 0 aromatic carbocycles. The minimum Gasteiger partial charge on any atom is -0.278 e. The van der Waals surface area contributed by atoms with Gasteiger partial charge in [-0.2, -0.15) is 0 Å². The molecule has 0 N–H and O–H groups in total. The molecule has 3 nitrogen and oxygen atoms in total. The van der Waals surface area contributed by atoms with Gasteiger partial charge in [0.25, 0.3) is 11.8 Å². The normalized spacial score (nSPS) is 17.0. The average Bonchev–Trinajstić information content (AvgIpc) is 2.23. The van der Waals surface area contributed by atoms with Crippen molar-refractivity contribution in [3.63, 3.8) is 0 Å². The van der Waals surface area contributed by atoms with E-state index in [4.69, 9.17) is 0 Å². The minimum absolute atomic E-state index is 0.267. The molecule has 0 aromatic rings. The molecule has 0 radical (unpaired) electrons. The van der Waals surface area contributed by atoms with Crippen LogP contribution in [0, 0.1) is 0 Å². The second-order valence-electron chi connectivity index (χ2n) is 2.47. The van der Waals surface area contributed by atoms with Crippen molar-refractivity contribution in [1.82, 2.24) is 4.90 Å². The maximum atomic E-state index is 11.2. The van der Waals surface area contributed by atoms with E-state index in [0.717, 1.165) is 4.90 Å². The molecule has 1 heterocycles. The molecule has 62 valence electrons. The Balaban J connectivity index is 3.21. The summed E-state index contributed by atoms with van der Waals surface area (Å²) in [5.41, 5.74) is 0.775. The smallest absolute Gasteiger partial charge is 0.261 e. The van der Waals surface area contributed by atoms with Crippen LogP contribution in [0.3, 0.4) is 0 Å². The van der Waals surface area contributed by atoms with E-state index >= 15 is 0 Å². The third-order valence-electron chi connectivity index (χ3n) is 1.77. The molecule has 0 spiro atoms. The molecular weight excluding hydrogens is 174 g/mol. The zero-order chi connectivity index (χ0) is 9.30. The summed E-state index contributed by atoms with van der Waals surface area (Å²) in [4.78, 5) is 23.5. The third kappa shape index (κ3) is 1.11. The van der Waals surface area contributed by atoms with Gasteiger partial charge in [-0.1, -0.05) is 0 Å². The van der Waals surface area contributed by atoms with Gasteiger partial charge in [0.05, 0.1) is 5.57 Å². The lowest BCUT2D eigenvalue weighted by Crippen LogP contribution is -2.26. The first-order chi connectivity index (χ1) is 5.59. The summed E-state index contributed by atoms with van der Waals surface area (Å²) in [5.74, 6) is -0.577. The summed E-state index contributed by atoms with van der Waals surface area (Å²) in [7, 11) is 1.44. The van der Waals surface area contributed by atoms with Gasteiger partial charge in [0.1, 0.15) is 0 Å². The van der Waals surface area contributed by atoms with E-state index in [9.17, 15) is 9.59 Å². The van der Waals surface area contributed by atoms with Crippen LogP contribution in [0.5, 0.6) is 0 Å². The summed E-state index contributed by atoms with van der Waals surface area (Å²) in [6, 6.07) is 0. The van der Waals surface area contributed by atoms with E-state index < -0.39 is 0 Å². The van der Waals surface area contributed by atoms with Crippen LogP contribution in [0.15, 0.2) is 17.2 Å². The largest absolute Gasteiger partial charge is 0.278 e. The van der Waals surface area contributed by atoms with E-state index in [1.807, 2.05) is 0 Å². The van der Waals surface area contributed by atoms with Gasteiger partial charge in [-0.15, -0.1) is 0 Å². The molecule has 0 aromatic heterocycles. The van der Waals surface area contributed by atoms with Gasteiger partial charge in [0.2, 0.25) is 0 Å². The first kappa shape index (κ1) is 8.84. The van der Waals surface area contributed by atoms with Crippen molar-refractivity contribution in [2.24, 2.45) is 0 Å². The average molecular weight is 181 g/mol. The molecule has 0 unspecified atom stereocenters. The molecule has 1 rings (SSSR count). The number of hydrogen-bond donors (Lipinski definition) is 0. The Labute approximate surface area is 75.4 Å². The molecule has 1 aliphatic heterocycles. The molecule has 1 aliphatic rings. The van der Waals surface area contributed by atoms with E-state index in [-0.39, 0.29) is 11.8 Å². The molecule has 0 fully saturated rings. The van der Waals surface area contributed by atoms with Crippen LogP contribution in [0.2, 0.25) is 0 Å². The zero-order valence-corrected chi connectivity index (χ0v) is 7.57. The molecule has 0 bridgehead atoms. The Morgan fingerprint density at radius 2 is 2.00 bits per heavy atom. The zero-order valence-electron chi connectivity index (χ0n) is 6.75. The predicted molar refractivity (Wildman–Crippen MR) is 47.6 cm³/mol. The van der Waals surface area contributed by atoms with Crippen LogP contribution >= 0.6 is 12.2 Å². The number of amides is 2. The summed E-state index contributed by atoms with van der Waals surface area (Å²) in [6.45, 7) is 1.60. The third-order valence-corrected chi connectivity index (χ3v) is 1.89. The van der Waals surface area contributed by atoms with Crippen LogP contribution in [-0.2, 0) is 9.59 Å². The molecule has 4 heteroatoms. The topological polar surface area (TPSA) is 37.4 Å². The van der Waals surface area contributed by atoms with Crippen molar-refractivity contribution in [1.29, 1.82) is 0 Å².